The van der Waals surface area contributed by atoms with Crippen LogP contribution in [0.25, 0.3) is 10.8 Å². The number of amides is 1. The molecule has 0 aliphatic carbocycles. The number of fused-ring (bicyclic) bond motifs is 1. The molecule has 0 aliphatic rings. The number of hydrogen-bond acceptors (Lipinski definition) is 3. The van der Waals surface area contributed by atoms with E-state index in [1.807, 2.05) is 67.6 Å². The fourth-order valence-electron chi connectivity index (χ4n) is 3.82. The molecule has 4 aromatic carbocycles. The maximum atomic E-state index is 12.9. The van der Waals surface area contributed by atoms with Crippen molar-refractivity contribution in [1.29, 1.82) is 0 Å². The molecule has 0 radical (unpaired) electrons. The van der Waals surface area contributed by atoms with Crippen molar-refractivity contribution in [2.75, 3.05) is 19.0 Å². The molecule has 0 saturated heterocycles. The second kappa shape index (κ2) is 10.7. The van der Waals surface area contributed by atoms with Gasteiger partial charge in [-0.05, 0) is 65.9 Å². The number of anilines is 1. The molecule has 0 saturated carbocycles. The van der Waals surface area contributed by atoms with Crippen LogP contribution in [0, 0.1) is 0 Å². The lowest BCUT2D eigenvalue weighted by atomic mass is 9.97. The lowest BCUT2D eigenvalue weighted by molar-refractivity contribution is -0.117. The minimum Gasteiger partial charge on any atom is -0.497 e. The predicted octanol–water partition coefficient (Wildman–Crippen LogP) is 6.60. The molecule has 4 heteroatoms. The van der Waals surface area contributed by atoms with E-state index < -0.39 is 0 Å². The Labute approximate surface area is 195 Å². The van der Waals surface area contributed by atoms with E-state index in [1.54, 1.807) is 7.11 Å². The first kappa shape index (κ1) is 22.4. The highest BCUT2D eigenvalue weighted by Crippen LogP contribution is 2.26. The predicted molar refractivity (Wildman–Crippen MR) is 134 cm³/mol. The standard InChI is InChI=1S/C29H29NO3/c1-21(23-13-14-25-19-27(32-2)16-15-24(25)18-23)29(31)30-26-11-6-12-28(20-26)33-17-7-10-22-8-4-3-5-9-22/h3-6,8-9,11-16,18-21H,7,10,17H2,1-2H3,(H,30,31)/t21-/m0/s1. The Bertz CT molecular complexity index is 1220. The molecule has 0 unspecified atom stereocenters. The van der Waals surface area contributed by atoms with Gasteiger partial charge in [0.1, 0.15) is 11.5 Å². The number of methoxy groups -OCH3 is 1. The molecule has 0 fully saturated rings. The molecule has 4 nitrogen and oxygen atoms in total. The summed E-state index contributed by atoms with van der Waals surface area (Å²) in [5.41, 5.74) is 3.01. The van der Waals surface area contributed by atoms with E-state index in [1.165, 1.54) is 5.56 Å². The SMILES string of the molecule is COc1ccc2cc([C@H](C)C(=O)Nc3cccc(OCCCc4ccccc4)c3)ccc2c1. The highest BCUT2D eigenvalue weighted by molar-refractivity contribution is 5.96. The molecule has 0 aromatic heterocycles. The largest absolute Gasteiger partial charge is 0.497 e. The van der Waals surface area contributed by atoms with Crippen LogP contribution in [-0.2, 0) is 11.2 Å². The van der Waals surface area contributed by atoms with Gasteiger partial charge >= 0.3 is 0 Å². The molecule has 33 heavy (non-hydrogen) atoms. The maximum Gasteiger partial charge on any atom is 0.231 e. The lowest BCUT2D eigenvalue weighted by Crippen LogP contribution is -2.18. The van der Waals surface area contributed by atoms with E-state index in [4.69, 9.17) is 9.47 Å². The summed E-state index contributed by atoms with van der Waals surface area (Å²) >= 11 is 0. The van der Waals surface area contributed by atoms with E-state index in [0.717, 1.165) is 46.4 Å². The van der Waals surface area contributed by atoms with Crippen molar-refractivity contribution < 1.29 is 14.3 Å². The molecule has 0 aliphatic heterocycles. The van der Waals surface area contributed by atoms with E-state index in [-0.39, 0.29) is 11.8 Å². The van der Waals surface area contributed by atoms with Crippen LogP contribution in [-0.4, -0.2) is 19.6 Å². The molecular weight excluding hydrogens is 410 g/mol. The van der Waals surface area contributed by atoms with Crippen LogP contribution in [0.5, 0.6) is 11.5 Å². The highest BCUT2D eigenvalue weighted by Gasteiger charge is 2.16. The van der Waals surface area contributed by atoms with E-state index >= 15 is 0 Å². The van der Waals surface area contributed by atoms with Crippen LogP contribution in [0.1, 0.15) is 30.4 Å². The number of carbonyl (C=O) groups excluding carboxylic acids is 1. The van der Waals surface area contributed by atoms with Gasteiger partial charge in [-0.1, -0.05) is 60.7 Å². The van der Waals surface area contributed by atoms with Gasteiger partial charge in [0, 0.05) is 11.8 Å². The fourth-order valence-corrected chi connectivity index (χ4v) is 3.82. The van der Waals surface area contributed by atoms with Crippen molar-refractivity contribution in [2.45, 2.75) is 25.7 Å². The number of benzene rings is 4. The summed E-state index contributed by atoms with van der Waals surface area (Å²) < 4.78 is 11.2. The number of ether oxygens (including phenoxy) is 2. The van der Waals surface area contributed by atoms with Crippen molar-refractivity contribution >= 4 is 22.4 Å². The normalized spacial score (nSPS) is 11.7. The van der Waals surface area contributed by atoms with Gasteiger partial charge in [-0.2, -0.15) is 0 Å². The second-order valence-electron chi connectivity index (χ2n) is 8.15. The molecule has 4 rings (SSSR count). The highest BCUT2D eigenvalue weighted by atomic mass is 16.5. The minimum absolute atomic E-state index is 0.0518. The van der Waals surface area contributed by atoms with Gasteiger partial charge in [0.25, 0.3) is 0 Å². The Kier molecular flexibility index (Phi) is 7.26. The zero-order valence-corrected chi connectivity index (χ0v) is 19.1. The molecule has 0 heterocycles. The minimum atomic E-state index is -0.285. The number of rotatable bonds is 9. The molecule has 1 atom stereocenters. The first-order chi connectivity index (χ1) is 16.1. The van der Waals surface area contributed by atoms with Crippen LogP contribution < -0.4 is 14.8 Å². The Morgan fingerprint density at radius 1 is 0.848 bits per heavy atom. The van der Waals surface area contributed by atoms with Gasteiger partial charge in [0.2, 0.25) is 5.91 Å². The molecule has 1 amide bonds. The van der Waals surface area contributed by atoms with Crippen molar-refractivity contribution in [1.82, 2.24) is 0 Å². The van der Waals surface area contributed by atoms with Crippen LogP contribution in [0.3, 0.4) is 0 Å². The Morgan fingerprint density at radius 2 is 1.64 bits per heavy atom. The summed E-state index contributed by atoms with van der Waals surface area (Å²) in [6.07, 6.45) is 1.92. The molecule has 4 aromatic rings. The Balaban J connectivity index is 1.34. The van der Waals surface area contributed by atoms with Gasteiger partial charge in [-0.15, -0.1) is 0 Å². The van der Waals surface area contributed by atoms with E-state index in [0.29, 0.717) is 6.61 Å². The summed E-state index contributed by atoms with van der Waals surface area (Å²) in [6, 6.07) is 30.0. The third kappa shape index (κ3) is 5.92. The zero-order valence-electron chi connectivity index (χ0n) is 19.1. The number of aryl methyl sites for hydroxylation is 1. The summed E-state index contributed by atoms with van der Waals surface area (Å²) in [5, 5.41) is 5.19. The monoisotopic (exact) mass is 439 g/mol. The van der Waals surface area contributed by atoms with Crippen LogP contribution in [0.2, 0.25) is 0 Å². The van der Waals surface area contributed by atoms with E-state index in [2.05, 4.69) is 35.6 Å². The molecule has 168 valence electrons. The molecular formula is C29H29NO3. The first-order valence-electron chi connectivity index (χ1n) is 11.3. The molecule has 0 spiro atoms. The van der Waals surface area contributed by atoms with E-state index in [9.17, 15) is 4.79 Å². The molecule has 0 bridgehead atoms. The third-order valence-corrected chi connectivity index (χ3v) is 5.79. The Hall–Kier alpha value is -3.79. The maximum absolute atomic E-state index is 12.9. The van der Waals surface area contributed by atoms with Gasteiger partial charge in [0.15, 0.2) is 0 Å². The topological polar surface area (TPSA) is 47.6 Å². The number of hydrogen-bond donors (Lipinski definition) is 1. The summed E-state index contributed by atoms with van der Waals surface area (Å²) in [4.78, 5) is 12.9. The van der Waals surface area contributed by atoms with Crippen LogP contribution in [0.15, 0.2) is 91.0 Å². The number of nitrogens with one attached hydrogen (secondary N) is 1. The average molecular weight is 440 g/mol. The second-order valence-corrected chi connectivity index (χ2v) is 8.15. The lowest BCUT2D eigenvalue weighted by Gasteiger charge is -2.14. The van der Waals surface area contributed by atoms with Crippen molar-refractivity contribution in [3.8, 4) is 11.5 Å². The fraction of sp³-hybridized carbons (Fsp3) is 0.207. The smallest absolute Gasteiger partial charge is 0.231 e. The Morgan fingerprint density at radius 3 is 2.45 bits per heavy atom. The van der Waals surface area contributed by atoms with Gasteiger partial charge < -0.3 is 14.8 Å². The van der Waals surface area contributed by atoms with Crippen LogP contribution in [0.4, 0.5) is 5.69 Å². The van der Waals surface area contributed by atoms with Crippen molar-refractivity contribution in [3.05, 3.63) is 102 Å². The molecule has 1 N–H and O–H groups in total. The third-order valence-electron chi connectivity index (χ3n) is 5.79. The summed E-state index contributed by atoms with van der Waals surface area (Å²) in [6.45, 7) is 2.55. The van der Waals surface area contributed by atoms with Gasteiger partial charge in [-0.25, -0.2) is 0 Å². The number of carbonyl (C=O) groups is 1. The summed E-state index contributed by atoms with van der Waals surface area (Å²) in [7, 11) is 1.66. The zero-order chi connectivity index (χ0) is 23.0. The summed E-state index contributed by atoms with van der Waals surface area (Å²) in [5.74, 6) is 1.24. The average Bonchev–Trinajstić information content (AvgIpc) is 2.86. The van der Waals surface area contributed by atoms with Crippen LogP contribution >= 0.6 is 0 Å². The van der Waals surface area contributed by atoms with Crippen molar-refractivity contribution in [2.24, 2.45) is 0 Å². The quantitative estimate of drug-likeness (QED) is 0.299. The van der Waals surface area contributed by atoms with Gasteiger partial charge in [-0.3, -0.25) is 4.79 Å². The van der Waals surface area contributed by atoms with Gasteiger partial charge in [0.05, 0.1) is 19.6 Å². The first-order valence-corrected chi connectivity index (χ1v) is 11.3. The van der Waals surface area contributed by atoms with Crippen molar-refractivity contribution in [3.63, 3.8) is 0 Å².